The maximum atomic E-state index is 12.4. The Morgan fingerprint density at radius 3 is 2.39 bits per heavy atom. The van der Waals surface area contributed by atoms with E-state index in [9.17, 15) is 9.59 Å². The van der Waals surface area contributed by atoms with E-state index in [4.69, 9.17) is 9.47 Å². The summed E-state index contributed by atoms with van der Waals surface area (Å²) in [7, 11) is 0. The van der Waals surface area contributed by atoms with Crippen LogP contribution in [-0.4, -0.2) is 41.3 Å². The molecule has 2 fully saturated rings. The van der Waals surface area contributed by atoms with E-state index in [0.29, 0.717) is 12.5 Å². The monoisotopic (exact) mass is 323 g/mol. The molecule has 5 nitrogen and oxygen atoms in total. The van der Waals surface area contributed by atoms with Crippen LogP contribution in [-0.2, 0) is 14.3 Å². The zero-order valence-electron chi connectivity index (χ0n) is 14.7. The minimum absolute atomic E-state index is 0.0441. The topological polar surface area (TPSA) is 55.6 Å². The average Bonchev–Trinajstić information content (AvgIpc) is 3.19. The molecule has 5 heteroatoms. The Labute approximate surface area is 139 Å². The van der Waals surface area contributed by atoms with Crippen LogP contribution in [0.15, 0.2) is 12.2 Å². The first-order valence-electron chi connectivity index (χ1n) is 8.69. The zero-order valence-corrected chi connectivity index (χ0v) is 14.7. The summed E-state index contributed by atoms with van der Waals surface area (Å²) in [4.78, 5) is 25.7. The van der Waals surface area contributed by atoms with Crippen molar-refractivity contribution in [1.29, 1.82) is 0 Å². The van der Waals surface area contributed by atoms with Crippen molar-refractivity contribution in [3.05, 3.63) is 12.2 Å². The Bertz CT molecular complexity index is 460. The molecule has 0 aromatic heterocycles. The van der Waals surface area contributed by atoms with Crippen LogP contribution in [0, 0.1) is 5.92 Å². The number of esters is 1. The van der Waals surface area contributed by atoms with E-state index in [1.165, 1.54) is 25.3 Å². The Kier molecular flexibility index (Phi) is 5.71. The van der Waals surface area contributed by atoms with Gasteiger partial charge in [-0.25, -0.2) is 9.59 Å². The van der Waals surface area contributed by atoms with Crippen molar-refractivity contribution in [2.45, 2.75) is 77.5 Å². The van der Waals surface area contributed by atoms with Gasteiger partial charge in [0.15, 0.2) is 0 Å². The minimum atomic E-state index is -0.508. The smallest absolute Gasteiger partial charge is 0.411 e. The predicted molar refractivity (Wildman–Crippen MR) is 88.0 cm³/mol. The molecule has 0 bridgehead atoms. The lowest BCUT2D eigenvalue weighted by atomic mass is 9.85. The van der Waals surface area contributed by atoms with Gasteiger partial charge in [-0.15, -0.1) is 0 Å². The van der Waals surface area contributed by atoms with Crippen LogP contribution in [0.3, 0.4) is 0 Å². The van der Waals surface area contributed by atoms with Crippen molar-refractivity contribution >= 4 is 12.1 Å². The number of hydrogen-bond donors (Lipinski definition) is 0. The van der Waals surface area contributed by atoms with E-state index < -0.39 is 5.60 Å². The molecular formula is C18H29NO4. The van der Waals surface area contributed by atoms with Crippen LogP contribution in [0.25, 0.3) is 0 Å². The molecule has 23 heavy (non-hydrogen) atoms. The summed E-state index contributed by atoms with van der Waals surface area (Å²) in [6.07, 6.45) is 8.96. The van der Waals surface area contributed by atoms with Gasteiger partial charge in [0.25, 0.3) is 0 Å². The van der Waals surface area contributed by atoms with E-state index in [1.54, 1.807) is 17.9 Å². The molecule has 1 saturated carbocycles. The summed E-state index contributed by atoms with van der Waals surface area (Å²) in [6.45, 7) is 7.74. The molecule has 0 radical (unpaired) electrons. The molecule has 130 valence electrons. The number of nitrogens with zero attached hydrogens (tertiary/aromatic N) is 1. The first kappa shape index (κ1) is 17.8. The van der Waals surface area contributed by atoms with E-state index >= 15 is 0 Å². The number of rotatable bonds is 4. The highest BCUT2D eigenvalue weighted by Gasteiger charge is 2.54. The largest absolute Gasteiger partial charge is 0.463 e. The van der Waals surface area contributed by atoms with Crippen molar-refractivity contribution in [3.63, 3.8) is 0 Å². The van der Waals surface area contributed by atoms with Gasteiger partial charge in [-0.3, -0.25) is 4.90 Å². The van der Waals surface area contributed by atoms with E-state index in [0.717, 1.165) is 12.8 Å². The average molecular weight is 323 g/mol. The predicted octanol–water partition coefficient (Wildman–Crippen LogP) is 3.67. The summed E-state index contributed by atoms with van der Waals surface area (Å²) in [5, 5.41) is 0. The highest BCUT2D eigenvalue weighted by Crippen LogP contribution is 2.43. The van der Waals surface area contributed by atoms with Crippen LogP contribution >= 0.6 is 0 Å². The molecular weight excluding hydrogens is 294 g/mol. The molecule has 1 amide bonds. The Balaban J connectivity index is 2.03. The highest BCUT2D eigenvalue weighted by atomic mass is 16.6. The lowest BCUT2D eigenvalue weighted by Gasteiger charge is -2.23. The first-order valence-corrected chi connectivity index (χ1v) is 8.69. The third-order valence-corrected chi connectivity index (χ3v) is 4.36. The van der Waals surface area contributed by atoms with Crippen LogP contribution in [0.4, 0.5) is 4.79 Å². The van der Waals surface area contributed by atoms with E-state index in [1.807, 2.05) is 20.8 Å². The first-order chi connectivity index (χ1) is 10.8. The molecule has 2 aliphatic rings. The van der Waals surface area contributed by atoms with Gasteiger partial charge in [0, 0.05) is 6.08 Å². The van der Waals surface area contributed by atoms with Gasteiger partial charge in [0.05, 0.1) is 18.7 Å². The van der Waals surface area contributed by atoms with Crippen LogP contribution < -0.4 is 0 Å². The van der Waals surface area contributed by atoms with Gasteiger partial charge in [-0.2, -0.15) is 0 Å². The number of hydrogen-bond acceptors (Lipinski definition) is 4. The minimum Gasteiger partial charge on any atom is -0.463 e. The standard InChI is InChI=1S/C18H29NO4/c1-5-22-15(20)12-11-14-16(13-9-7-6-8-10-13)19(14)17(21)23-18(2,3)4/h11-14,16H,5-10H2,1-4H3/b12-11+/t14-,16-,19?/m0/s1. The molecule has 0 unspecified atom stereocenters. The third-order valence-electron chi connectivity index (χ3n) is 4.36. The lowest BCUT2D eigenvalue weighted by molar-refractivity contribution is -0.137. The Morgan fingerprint density at radius 2 is 1.83 bits per heavy atom. The second-order valence-electron chi connectivity index (χ2n) is 7.38. The molecule has 1 aliphatic heterocycles. The normalized spacial score (nSPS) is 25.5. The van der Waals surface area contributed by atoms with Gasteiger partial charge < -0.3 is 9.47 Å². The molecule has 0 N–H and O–H groups in total. The molecule has 1 aliphatic carbocycles. The van der Waals surface area contributed by atoms with Crippen molar-refractivity contribution in [2.75, 3.05) is 6.61 Å². The number of amides is 1. The molecule has 0 aromatic carbocycles. The summed E-state index contributed by atoms with van der Waals surface area (Å²) in [5.41, 5.74) is -0.508. The van der Waals surface area contributed by atoms with E-state index in [-0.39, 0.29) is 24.1 Å². The number of carbonyl (C=O) groups excluding carboxylic acids is 2. The lowest BCUT2D eigenvalue weighted by Crippen LogP contribution is -2.29. The molecule has 0 spiro atoms. The second-order valence-corrected chi connectivity index (χ2v) is 7.38. The number of carbonyl (C=O) groups is 2. The van der Waals surface area contributed by atoms with Gasteiger partial charge >= 0.3 is 12.1 Å². The molecule has 1 heterocycles. The van der Waals surface area contributed by atoms with Crippen molar-refractivity contribution in [1.82, 2.24) is 4.90 Å². The summed E-state index contributed by atoms with van der Waals surface area (Å²) < 4.78 is 10.4. The maximum Gasteiger partial charge on any atom is 0.411 e. The molecule has 2 rings (SSSR count). The fourth-order valence-corrected chi connectivity index (χ4v) is 3.38. The maximum absolute atomic E-state index is 12.4. The summed E-state index contributed by atoms with van der Waals surface area (Å²) >= 11 is 0. The molecule has 0 aromatic rings. The number of ether oxygens (including phenoxy) is 2. The Morgan fingerprint density at radius 1 is 1.17 bits per heavy atom. The van der Waals surface area contributed by atoms with E-state index in [2.05, 4.69) is 0 Å². The fraction of sp³-hybridized carbons (Fsp3) is 0.778. The highest BCUT2D eigenvalue weighted by molar-refractivity contribution is 5.82. The van der Waals surface area contributed by atoms with Gasteiger partial charge in [-0.05, 0) is 46.5 Å². The zero-order chi connectivity index (χ0) is 17.0. The SMILES string of the molecule is CCOC(=O)/C=C/[C@H]1[C@H](C2CCCCC2)N1C(=O)OC(C)(C)C. The second kappa shape index (κ2) is 7.37. The molecule has 2 atom stereocenters. The molecule has 1 saturated heterocycles. The van der Waals surface area contributed by atoms with Crippen LogP contribution in [0.5, 0.6) is 0 Å². The van der Waals surface area contributed by atoms with Gasteiger partial charge in [-0.1, -0.05) is 25.3 Å². The van der Waals surface area contributed by atoms with Crippen LogP contribution in [0.1, 0.15) is 59.8 Å². The van der Waals surface area contributed by atoms with Crippen molar-refractivity contribution < 1.29 is 19.1 Å². The fourth-order valence-electron chi connectivity index (χ4n) is 3.38. The third kappa shape index (κ3) is 4.98. The van der Waals surface area contributed by atoms with Gasteiger partial charge in [0.1, 0.15) is 5.60 Å². The van der Waals surface area contributed by atoms with Gasteiger partial charge in [0.2, 0.25) is 0 Å². The Hall–Kier alpha value is -1.52. The van der Waals surface area contributed by atoms with Crippen LogP contribution in [0.2, 0.25) is 0 Å². The van der Waals surface area contributed by atoms with Crippen molar-refractivity contribution in [3.8, 4) is 0 Å². The summed E-state index contributed by atoms with van der Waals surface area (Å²) in [5.74, 6) is 0.152. The van der Waals surface area contributed by atoms with Crippen molar-refractivity contribution in [2.24, 2.45) is 5.92 Å². The summed E-state index contributed by atoms with van der Waals surface area (Å²) in [6, 6.07) is 0.119. The quantitative estimate of drug-likeness (QED) is 0.450.